The molecule has 2 fully saturated rings. The van der Waals surface area contributed by atoms with Gasteiger partial charge < -0.3 is 10.4 Å². The van der Waals surface area contributed by atoms with E-state index in [4.69, 9.17) is 0 Å². The molecule has 1 aliphatic carbocycles. The van der Waals surface area contributed by atoms with Crippen LogP contribution in [0.2, 0.25) is 0 Å². The molecule has 86 valence electrons. The lowest BCUT2D eigenvalue weighted by molar-refractivity contribution is -0.130. The lowest BCUT2D eigenvalue weighted by Crippen LogP contribution is -2.42. The molecule has 3 nitrogen and oxygen atoms in total. The Bertz CT molecular complexity index is 234. The van der Waals surface area contributed by atoms with Crippen LogP contribution in [0, 0.1) is 5.92 Å². The third kappa shape index (κ3) is 2.71. The first-order valence-corrected chi connectivity index (χ1v) is 6.20. The minimum Gasteiger partial charge on any atom is -0.390 e. The smallest absolute Gasteiger partial charge is 0.223 e. The van der Waals surface area contributed by atoms with E-state index in [9.17, 15) is 9.90 Å². The molecule has 2 rings (SSSR count). The maximum Gasteiger partial charge on any atom is 0.223 e. The van der Waals surface area contributed by atoms with Gasteiger partial charge in [-0.1, -0.05) is 19.3 Å². The molecule has 0 bridgehead atoms. The van der Waals surface area contributed by atoms with Crippen LogP contribution in [0.4, 0.5) is 0 Å². The van der Waals surface area contributed by atoms with Gasteiger partial charge in [-0.05, 0) is 32.1 Å². The van der Waals surface area contributed by atoms with E-state index in [1.807, 2.05) is 0 Å². The molecule has 1 unspecified atom stereocenters. The molecule has 1 amide bonds. The summed E-state index contributed by atoms with van der Waals surface area (Å²) in [6, 6.07) is 0. The highest BCUT2D eigenvalue weighted by Gasteiger charge is 2.35. The Kier molecular flexibility index (Phi) is 3.29. The molecule has 1 saturated carbocycles. The highest BCUT2D eigenvalue weighted by molar-refractivity contribution is 5.79. The Morgan fingerprint density at radius 2 is 2.00 bits per heavy atom. The van der Waals surface area contributed by atoms with Crippen LogP contribution in [0.3, 0.4) is 0 Å². The van der Waals surface area contributed by atoms with E-state index in [2.05, 4.69) is 5.32 Å². The highest BCUT2D eigenvalue weighted by Crippen LogP contribution is 2.35. The van der Waals surface area contributed by atoms with Crippen LogP contribution < -0.4 is 5.32 Å². The number of carbonyl (C=O) groups excluding carboxylic acids is 1. The van der Waals surface area contributed by atoms with Crippen molar-refractivity contribution in [3.8, 4) is 0 Å². The number of rotatable bonds is 2. The fourth-order valence-electron chi connectivity index (χ4n) is 2.90. The summed E-state index contributed by atoms with van der Waals surface area (Å²) in [6.07, 6.45) is 7.93. The lowest BCUT2D eigenvalue weighted by atomic mass is 9.77. The van der Waals surface area contributed by atoms with Gasteiger partial charge >= 0.3 is 0 Å². The summed E-state index contributed by atoms with van der Waals surface area (Å²) in [7, 11) is 0. The van der Waals surface area contributed by atoms with Gasteiger partial charge in [0.15, 0.2) is 0 Å². The summed E-state index contributed by atoms with van der Waals surface area (Å²) < 4.78 is 0. The fraction of sp³-hybridized carbons (Fsp3) is 0.917. The zero-order valence-corrected chi connectivity index (χ0v) is 9.30. The number of carbonyl (C=O) groups is 1. The van der Waals surface area contributed by atoms with E-state index >= 15 is 0 Å². The monoisotopic (exact) mass is 211 g/mol. The zero-order chi connectivity index (χ0) is 10.7. The third-order valence-electron chi connectivity index (χ3n) is 3.81. The molecule has 1 heterocycles. The Morgan fingerprint density at radius 1 is 1.27 bits per heavy atom. The Morgan fingerprint density at radius 3 is 2.67 bits per heavy atom. The molecule has 2 aliphatic rings. The first kappa shape index (κ1) is 10.9. The normalized spacial score (nSPS) is 31.0. The van der Waals surface area contributed by atoms with E-state index in [1.54, 1.807) is 0 Å². The van der Waals surface area contributed by atoms with Crippen molar-refractivity contribution < 1.29 is 9.90 Å². The molecule has 0 aromatic rings. The predicted octanol–water partition coefficient (Wildman–Crippen LogP) is 1.60. The van der Waals surface area contributed by atoms with Crippen molar-refractivity contribution in [1.82, 2.24) is 5.32 Å². The molecule has 0 radical (unpaired) electrons. The van der Waals surface area contributed by atoms with Crippen LogP contribution in [0.25, 0.3) is 0 Å². The maximum absolute atomic E-state index is 11.6. The van der Waals surface area contributed by atoms with E-state index in [1.165, 1.54) is 6.42 Å². The van der Waals surface area contributed by atoms with Gasteiger partial charge in [0.1, 0.15) is 0 Å². The van der Waals surface area contributed by atoms with Crippen molar-refractivity contribution in [2.45, 2.75) is 57.0 Å². The van der Waals surface area contributed by atoms with Crippen LogP contribution in [-0.2, 0) is 4.79 Å². The number of hydrogen-bond acceptors (Lipinski definition) is 2. The summed E-state index contributed by atoms with van der Waals surface area (Å²) in [6.45, 7) is 0.813. The first-order chi connectivity index (χ1) is 7.20. The quantitative estimate of drug-likeness (QED) is 0.729. The van der Waals surface area contributed by atoms with Crippen LogP contribution >= 0.6 is 0 Å². The Labute approximate surface area is 91.2 Å². The number of piperidine rings is 1. The van der Waals surface area contributed by atoms with Gasteiger partial charge in [0.05, 0.1) is 5.60 Å². The minimum atomic E-state index is -0.544. The van der Waals surface area contributed by atoms with Crippen LogP contribution in [-0.4, -0.2) is 23.2 Å². The van der Waals surface area contributed by atoms with Crippen molar-refractivity contribution in [1.29, 1.82) is 0 Å². The largest absolute Gasteiger partial charge is 0.390 e. The molecule has 0 spiro atoms. The second-order valence-electron chi connectivity index (χ2n) is 5.12. The third-order valence-corrected chi connectivity index (χ3v) is 3.81. The zero-order valence-electron chi connectivity index (χ0n) is 9.30. The van der Waals surface area contributed by atoms with Gasteiger partial charge in [0, 0.05) is 12.5 Å². The topological polar surface area (TPSA) is 49.3 Å². The minimum absolute atomic E-state index is 0.0573. The van der Waals surface area contributed by atoms with Crippen molar-refractivity contribution in [2.75, 3.05) is 6.54 Å². The number of amides is 1. The summed E-state index contributed by atoms with van der Waals surface area (Å²) in [5.74, 6) is 0.210. The van der Waals surface area contributed by atoms with Crippen LogP contribution in [0.1, 0.15) is 51.4 Å². The standard InChI is InChI=1S/C12H21NO2/c14-11-10(5-4-8-13-11)9-12(15)6-2-1-3-7-12/h10,15H,1-9H2,(H,13,14). The van der Waals surface area contributed by atoms with Gasteiger partial charge in [-0.15, -0.1) is 0 Å². The van der Waals surface area contributed by atoms with Gasteiger partial charge in [-0.3, -0.25) is 4.79 Å². The first-order valence-electron chi connectivity index (χ1n) is 6.20. The SMILES string of the molecule is O=C1NCCCC1CC1(O)CCCCC1. The van der Waals surface area contributed by atoms with E-state index < -0.39 is 5.60 Å². The van der Waals surface area contributed by atoms with E-state index in [0.29, 0.717) is 6.42 Å². The van der Waals surface area contributed by atoms with Crippen LogP contribution in [0.15, 0.2) is 0 Å². The number of nitrogens with one attached hydrogen (secondary N) is 1. The van der Waals surface area contributed by atoms with E-state index in [0.717, 1.165) is 45.1 Å². The van der Waals surface area contributed by atoms with Gasteiger partial charge in [0.25, 0.3) is 0 Å². The molecule has 3 heteroatoms. The van der Waals surface area contributed by atoms with Gasteiger partial charge in [-0.25, -0.2) is 0 Å². The van der Waals surface area contributed by atoms with Crippen molar-refractivity contribution in [3.63, 3.8) is 0 Å². The molecule has 1 saturated heterocycles. The Hall–Kier alpha value is -0.570. The summed E-state index contributed by atoms with van der Waals surface area (Å²) >= 11 is 0. The molecule has 2 N–H and O–H groups in total. The highest BCUT2D eigenvalue weighted by atomic mass is 16.3. The summed E-state index contributed by atoms with van der Waals surface area (Å²) in [5, 5.41) is 13.3. The molecule has 15 heavy (non-hydrogen) atoms. The number of hydrogen-bond donors (Lipinski definition) is 2. The second kappa shape index (κ2) is 4.52. The molecular weight excluding hydrogens is 190 g/mol. The molecule has 0 aromatic carbocycles. The van der Waals surface area contributed by atoms with Crippen molar-refractivity contribution >= 4 is 5.91 Å². The maximum atomic E-state index is 11.6. The molecule has 0 aromatic heterocycles. The summed E-state index contributed by atoms with van der Waals surface area (Å²) in [4.78, 5) is 11.6. The van der Waals surface area contributed by atoms with Crippen molar-refractivity contribution in [2.24, 2.45) is 5.92 Å². The second-order valence-corrected chi connectivity index (χ2v) is 5.12. The predicted molar refractivity (Wildman–Crippen MR) is 58.4 cm³/mol. The molecular formula is C12H21NO2. The fourth-order valence-corrected chi connectivity index (χ4v) is 2.90. The average Bonchev–Trinajstić information content (AvgIpc) is 2.22. The summed E-state index contributed by atoms with van der Waals surface area (Å²) in [5.41, 5.74) is -0.544. The van der Waals surface area contributed by atoms with E-state index in [-0.39, 0.29) is 11.8 Å². The lowest BCUT2D eigenvalue weighted by Gasteiger charge is -2.35. The Balaban J connectivity index is 1.91. The van der Waals surface area contributed by atoms with Crippen molar-refractivity contribution in [3.05, 3.63) is 0 Å². The van der Waals surface area contributed by atoms with Gasteiger partial charge in [0.2, 0.25) is 5.91 Å². The van der Waals surface area contributed by atoms with Crippen LogP contribution in [0.5, 0.6) is 0 Å². The van der Waals surface area contributed by atoms with Gasteiger partial charge in [-0.2, -0.15) is 0 Å². The number of aliphatic hydroxyl groups is 1. The average molecular weight is 211 g/mol. The molecule has 1 aliphatic heterocycles. The molecule has 1 atom stereocenters.